The molecule has 0 N–H and O–H groups in total. The van der Waals surface area contributed by atoms with Gasteiger partial charge in [0.15, 0.2) is 15.7 Å². The number of anilines is 3. The summed E-state index contributed by atoms with van der Waals surface area (Å²) in [6.07, 6.45) is 4.03. The van der Waals surface area contributed by atoms with Crippen molar-refractivity contribution in [2.45, 2.75) is 50.0 Å². The lowest BCUT2D eigenvalue weighted by Crippen LogP contribution is -2.38. The predicted octanol–water partition coefficient (Wildman–Crippen LogP) is 4.34. The zero-order valence-electron chi connectivity index (χ0n) is 19.8. The highest BCUT2D eigenvalue weighted by atomic mass is 32.2. The van der Waals surface area contributed by atoms with Crippen molar-refractivity contribution in [1.82, 2.24) is 10.1 Å². The summed E-state index contributed by atoms with van der Waals surface area (Å²) in [5.41, 5.74) is 3.31. The normalized spacial score (nSPS) is 16.8. The molecule has 5 rings (SSSR count). The third kappa shape index (κ3) is 4.49. The molecule has 2 aliphatic rings. The molecule has 0 spiro atoms. The molecule has 3 heterocycles. The number of fused-ring (bicyclic) bond motifs is 1. The number of hydrogen-bond donors (Lipinski definition) is 0. The second-order valence-corrected chi connectivity index (χ2v) is 11.3. The van der Waals surface area contributed by atoms with Crippen LogP contribution in [0.15, 0.2) is 51.9 Å². The Bertz CT molecular complexity index is 1260. The Hall–Kier alpha value is -3.07. The first-order chi connectivity index (χ1) is 16.3. The molecule has 0 aliphatic carbocycles. The third-order valence-corrected chi connectivity index (χ3v) is 7.64. The van der Waals surface area contributed by atoms with Crippen molar-refractivity contribution >= 4 is 27.2 Å². The molecule has 0 atom stereocenters. The van der Waals surface area contributed by atoms with Crippen molar-refractivity contribution in [3.63, 3.8) is 0 Å². The van der Waals surface area contributed by atoms with Crippen LogP contribution in [0, 0.1) is 0 Å². The van der Waals surface area contributed by atoms with Gasteiger partial charge in [0.2, 0.25) is 0 Å². The standard InChI is InChI=1S/C25H30N4O4S/c1-17(2)24-26-25(33-27-24)28-14-11-19(12-15-28)32-23-6-4-5-22-21(23)13-16-29(22)18-7-9-20(10-8-18)34(3,30)31/h4-10,17,19H,11-16H2,1-3H3. The van der Waals surface area contributed by atoms with E-state index in [0.717, 1.165) is 61.8 Å². The number of rotatable bonds is 6. The van der Waals surface area contributed by atoms with Gasteiger partial charge in [-0.1, -0.05) is 25.1 Å². The number of aromatic nitrogens is 2. The molecule has 0 bridgehead atoms. The van der Waals surface area contributed by atoms with Crippen molar-refractivity contribution in [3.8, 4) is 5.75 Å². The van der Waals surface area contributed by atoms with Crippen LogP contribution in [0.3, 0.4) is 0 Å². The summed E-state index contributed by atoms with van der Waals surface area (Å²) >= 11 is 0. The molecule has 0 unspecified atom stereocenters. The Labute approximate surface area is 200 Å². The van der Waals surface area contributed by atoms with Crippen LogP contribution in [-0.2, 0) is 16.3 Å². The molecule has 0 saturated carbocycles. The Morgan fingerprint density at radius 1 is 1.06 bits per heavy atom. The minimum absolute atomic E-state index is 0.137. The quantitative estimate of drug-likeness (QED) is 0.513. The Morgan fingerprint density at radius 2 is 1.79 bits per heavy atom. The zero-order chi connectivity index (χ0) is 23.9. The average Bonchev–Trinajstić information content (AvgIpc) is 3.48. The lowest BCUT2D eigenvalue weighted by Gasteiger charge is -2.31. The van der Waals surface area contributed by atoms with Crippen molar-refractivity contribution < 1.29 is 17.7 Å². The SMILES string of the molecule is CC(C)c1noc(N2CCC(Oc3cccc4c3CCN4c3ccc(S(C)(=O)=O)cc3)CC2)n1. The van der Waals surface area contributed by atoms with E-state index < -0.39 is 9.84 Å². The first-order valence-corrected chi connectivity index (χ1v) is 13.6. The molecule has 1 aromatic heterocycles. The van der Waals surface area contributed by atoms with Crippen molar-refractivity contribution in [1.29, 1.82) is 0 Å². The fraction of sp³-hybridized carbons (Fsp3) is 0.440. The predicted molar refractivity (Wildman–Crippen MR) is 131 cm³/mol. The fourth-order valence-electron chi connectivity index (χ4n) is 4.59. The third-order valence-electron chi connectivity index (χ3n) is 6.51. The van der Waals surface area contributed by atoms with E-state index in [9.17, 15) is 8.42 Å². The summed E-state index contributed by atoms with van der Waals surface area (Å²) in [5, 5.41) is 4.07. The summed E-state index contributed by atoms with van der Waals surface area (Å²) in [5.74, 6) is 1.92. The van der Waals surface area contributed by atoms with Gasteiger partial charge in [-0.2, -0.15) is 4.98 Å². The molecule has 8 nitrogen and oxygen atoms in total. The summed E-state index contributed by atoms with van der Waals surface area (Å²) in [6, 6.07) is 13.9. The van der Waals surface area contributed by atoms with Gasteiger partial charge >= 0.3 is 6.01 Å². The summed E-state index contributed by atoms with van der Waals surface area (Å²) in [6.45, 7) is 6.58. The largest absolute Gasteiger partial charge is 0.490 e. The molecule has 34 heavy (non-hydrogen) atoms. The Kier molecular flexibility index (Phi) is 5.97. The van der Waals surface area contributed by atoms with Gasteiger partial charge in [-0.25, -0.2) is 8.42 Å². The van der Waals surface area contributed by atoms with Gasteiger partial charge in [-0.15, -0.1) is 0 Å². The number of piperidine rings is 1. The van der Waals surface area contributed by atoms with E-state index in [0.29, 0.717) is 10.9 Å². The molecule has 1 saturated heterocycles. The number of sulfone groups is 1. The van der Waals surface area contributed by atoms with E-state index in [-0.39, 0.29) is 12.0 Å². The summed E-state index contributed by atoms with van der Waals surface area (Å²) in [4.78, 5) is 9.20. The van der Waals surface area contributed by atoms with Crippen molar-refractivity contribution in [2.75, 3.05) is 35.7 Å². The van der Waals surface area contributed by atoms with Crippen LogP contribution >= 0.6 is 0 Å². The molecule has 0 radical (unpaired) electrons. The van der Waals surface area contributed by atoms with E-state index in [1.54, 1.807) is 12.1 Å². The number of nitrogens with zero attached hydrogens (tertiary/aromatic N) is 4. The monoisotopic (exact) mass is 482 g/mol. The minimum atomic E-state index is -3.21. The van der Waals surface area contributed by atoms with E-state index >= 15 is 0 Å². The second kappa shape index (κ2) is 8.94. The maximum atomic E-state index is 11.8. The van der Waals surface area contributed by atoms with Crippen LogP contribution in [0.2, 0.25) is 0 Å². The van der Waals surface area contributed by atoms with Crippen molar-refractivity contribution in [2.24, 2.45) is 0 Å². The first kappa shape index (κ1) is 22.7. The number of hydrogen-bond acceptors (Lipinski definition) is 8. The molecule has 2 aliphatic heterocycles. The van der Waals surface area contributed by atoms with Crippen LogP contribution in [0.4, 0.5) is 17.4 Å². The lowest BCUT2D eigenvalue weighted by molar-refractivity contribution is 0.167. The van der Waals surface area contributed by atoms with Crippen LogP contribution in [0.25, 0.3) is 0 Å². The smallest absolute Gasteiger partial charge is 0.324 e. The van der Waals surface area contributed by atoms with Crippen LogP contribution < -0.4 is 14.5 Å². The highest BCUT2D eigenvalue weighted by Crippen LogP contribution is 2.40. The topological polar surface area (TPSA) is 88.8 Å². The number of benzene rings is 2. The Morgan fingerprint density at radius 3 is 2.44 bits per heavy atom. The fourth-order valence-corrected chi connectivity index (χ4v) is 5.22. The Balaban J connectivity index is 1.26. The maximum absolute atomic E-state index is 11.8. The van der Waals surface area contributed by atoms with Crippen LogP contribution in [0.5, 0.6) is 5.75 Å². The average molecular weight is 483 g/mol. The van der Waals surface area contributed by atoms with Crippen molar-refractivity contribution in [3.05, 3.63) is 53.9 Å². The van der Waals surface area contributed by atoms with Gasteiger partial charge in [-0.3, -0.25) is 0 Å². The molecular weight excluding hydrogens is 452 g/mol. The van der Waals surface area contributed by atoms with Gasteiger partial charge in [0, 0.05) is 61.6 Å². The maximum Gasteiger partial charge on any atom is 0.324 e. The van der Waals surface area contributed by atoms with Gasteiger partial charge in [0.05, 0.1) is 4.90 Å². The molecule has 1 fully saturated rings. The van der Waals surface area contributed by atoms with Gasteiger partial charge < -0.3 is 19.1 Å². The van der Waals surface area contributed by atoms with Gasteiger partial charge in [0.1, 0.15) is 11.9 Å². The molecule has 0 amide bonds. The minimum Gasteiger partial charge on any atom is -0.490 e. The zero-order valence-corrected chi connectivity index (χ0v) is 20.6. The van der Waals surface area contributed by atoms with Crippen LogP contribution in [-0.4, -0.2) is 50.6 Å². The van der Waals surface area contributed by atoms with E-state index in [1.165, 1.54) is 11.8 Å². The summed E-state index contributed by atoms with van der Waals surface area (Å²) < 4.78 is 35.5. The van der Waals surface area contributed by atoms with Crippen LogP contribution in [0.1, 0.15) is 44.0 Å². The molecule has 3 aromatic rings. The van der Waals surface area contributed by atoms with E-state index in [4.69, 9.17) is 9.26 Å². The highest BCUT2D eigenvalue weighted by molar-refractivity contribution is 7.90. The lowest BCUT2D eigenvalue weighted by atomic mass is 10.1. The molecule has 2 aromatic carbocycles. The summed E-state index contributed by atoms with van der Waals surface area (Å²) in [7, 11) is -3.21. The van der Waals surface area contributed by atoms with Gasteiger partial charge in [0.25, 0.3) is 0 Å². The van der Waals surface area contributed by atoms with E-state index in [2.05, 4.69) is 39.9 Å². The molecular formula is C25H30N4O4S. The molecule has 180 valence electrons. The van der Waals surface area contributed by atoms with Gasteiger partial charge in [-0.05, 0) is 42.8 Å². The van der Waals surface area contributed by atoms with E-state index in [1.807, 2.05) is 24.3 Å². The molecule has 9 heteroatoms. The highest BCUT2D eigenvalue weighted by Gasteiger charge is 2.28. The number of ether oxygens (including phenoxy) is 1. The first-order valence-electron chi connectivity index (χ1n) is 11.7. The second-order valence-electron chi connectivity index (χ2n) is 9.32.